The number of aliphatic hydroxyl groups excluding tert-OH is 1. The highest BCUT2D eigenvalue weighted by Crippen LogP contribution is 2.28. The van der Waals surface area contributed by atoms with E-state index in [1.165, 1.54) is 23.6 Å². The van der Waals surface area contributed by atoms with Gasteiger partial charge in [0.15, 0.2) is 0 Å². The summed E-state index contributed by atoms with van der Waals surface area (Å²) in [6, 6.07) is 14.7. The zero-order valence-electron chi connectivity index (χ0n) is 11.6. The summed E-state index contributed by atoms with van der Waals surface area (Å²) in [5, 5.41) is 16.6. The zero-order valence-corrected chi connectivity index (χ0v) is 12.4. The highest BCUT2D eigenvalue weighted by atomic mass is 32.1. The largest absolute Gasteiger partial charge is 0.383 e. The molecule has 3 aromatic rings. The molecule has 2 aromatic heterocycles. The summed E-state index contributed by atoms with van der Waals surface area (Å²) in [7, 11) is 0. The summed E-state index contributed by atoms with van der Waals surface area (Å²) in [5.41, 5.74) is 0.849. The molecule has 1 unspecified atom stereocenters. The molecule has 1 aromatic carbocycles. The number of hydrogen-bond acceptors (Lipinski definition) is 5. The van der Waals surface area contributed by atoms with Gasteiger partial charge in [0.1, 0.15) is 6.10 Å². The quantitative estimate of drug-likeness (QED) is 0.759. The van der Waals surface area contributed by atoms with Crippen molar-refractivity contribution in [2.24, 2.45) is 0 Å². The van der Waals surface area contributed by atoms with Crippen molar-refractivity contribution in [3.05, 3.63) is 75.8 Å². The van der Waals surface area contributed by atoms with Crippen LogP contribution in [0.3, 0.4) is 0 Å². The number of thiophene rings is 1. The van der Waals surface area contributed by atoms with Gasteiger partial charge in [-0.25, -0.2) is 0 Å². The normalized spacial score (nSPS) is 12.0. The first-order valence-electron chi connectivity index (χ1n) is 6.74. The molecule has 0 spiro atoms. The van der Waals surface area contributed by atoms with Gasteiger partial charge in [-0.05, 0) is 17.7 Å². The van der Waals surface area contributed by atoms with E-state index in [1.54, 1.807) is 0 Å². The Morgan fingerprint density at radius 2 is 2.05 bits per heavy atom. The first-order chi connectivity index (χ1) is 10.7. The second kappa shape index (κ2) is 6.55. The lowest BCUT2D eigenvalue weighted by molar-refractivity contribution is 0.0914. The number of carbonyl (C=O) groups is 1. The lowest BCUT2D eigenvalue weighted by Gasteiger charge is -2.08. The molecule has 1 atom stereocenters. The maximum atomic E-state index is 11.8. The minimum absolute atomic E-state index is 0.182. The van der Waals surface area contributed by atoms with Crippen LogP contribution in [0.4, 0.5) is 0 Å². The van der Waals surface area contributed by atoms with Crippen molar-refractivity contribution < 1.29 is 14.4 Å². The summed E-state index contributed by atoms with van der Waals surface area (Å²) >= 11 is 1.46. The van der Waals surface area contributed by atoms with Crippen molar-refractivity contribution in [3.63, 3.8) is 0 Å². The molecule has 2 heterocycles. The number of nitrogens with one attached hydrogen (secondary N) is 1. The van der Waals surface area contributed by atoms with Crippen LogP contribution in [0.5, 0.6) is 0 Å². The van der Waals surface area contributed by atoms with E-state index in [4.69, 9.17) is 4.52 Å². The van der Waals surface area contributed by atoms with E-state index in [9.17, 15) is 9.90 Å². The molecule has 2 N–H and O–H groups in total. The summed E-state index contributed by atoms with van der Waals surface area (Å²) in [5.74, 6) is -0.128. The Morgan fingerprint density at radius 1 is 1.23 bits per heavy atom. The third-order valence-corrected chi connectivity index (χ3v) is 4.29. The van der Waals surface area contributed by atoms with Gasteiger partial charge in [0.25, 0.3) is 5.91 Å². The number of amides is 1. The first-order valence-corrected chi connectivity index (χ1v) is 7.56. The maximum Gasteiger partial charge on any atom is 0.290 e. The lowest BCUT2D eigenvalue weighted by atomic mass is 10.1. The maximum absolute atomic E-state index is 11.8. The number of benzene rings is 1. The minimum Gasteiger partial charge on any atom is -0.383 e. The Balaban J connectivity index is 1.63. The van der Waals surface area contributed by atoms with Gasteiger partial charge in [0, 0.05) is 15.8 Å². The Labute approximate surface area is 131 Å². The van der Waals surface area contributed by atoms with Gasteiger partial charge >= 0.3 is 0 Å². The van der Waals surface area contributed by atoms with E-state index in [1.807, 2.05) is 42.5 Å². The molecule has 0 aliphatic rings. The molecule has 1 amide bonds. The van der Waals surface area contributed by atoms with Gasteiger partial charge in [-0.3, -0.25) is 4.79 Å². The number of carbonyl (C=O) groups excluding carboxylic acids is 1. The van der Waals surface area contributed by atoms with Crippen molar-refractivity contribution in [1.82, 2.24) is 10.5 Å². The third kappa shape index (κ3) is 3.24. The third-order valence-electron chi connectivity index (χ3n) is 3.15. The van der Waals surface area contributed by atoms with Crippen molar-refractivity contribution in [2.45, 2.75) is 12.6 Å². The van der Waals surface area contributed by atoms with Crippen LogP contribution in [0.15, 0.2) is 59.3 Å². The second-order valence-corrected chi connectivity index (χ2v) is 5.88. The Bertz CT molecular complexity index is 738. The molecule has 3 rings (SSSR count). The van der Waals surface area contributed by atoms with E-state index in [2.05, 4.69) is 10.5 Å². The number of aliphatic hydroxyl groups is 1. The van der Waals surface area contributed by atoms with E-state index < -0.39 is 6.10 Å². The van der Waals surface area contributed by atoms with E-state index >= 15 is 0 Å². The fraction of sp³-hybridized carbons (Fsp3) is 0.125. The van der Waals surface area contributed by atoms with Gasteiger partial charge in [0.2, 0.25) is 5.76 Å². The van der Waals surface area contributed by atoms with Gasteiger partial charge in [-0.15, -0.1) is 11.3 Å². The van der Waals surface area contributed by atoms with Gasteiger partial charge in [-0.1, -0.05) is 35.5 Å². The molecule has 0 saturated carbocycles. The molecule has 112 valence electrons. The van der Waals surface area contributed by atoms with Crippen molar-refractivity contribution >= 4 is 17.2 Å². The van der Waals surface area contributed by atoms with Crippen LogP contribution in [0.1, 0.15) is 32.0 Å². The fourth-order valence-corrected chi connectivity index (χ4v) is 2.99. The highest BCUT2D eigenvalue weighted by molar-refractivity contribution is 7.12. The van der Waals surface area contributed by atoms with Crippen molar-refractivity contribution in [2.75, 3.05) is 0 Å². The molecule has 0 saturated heterocycles. The van der Waals surface area contributed by atoms with Crippen LogP contribution in [0.2, 0.25) is 0 Å². The zero-order chi connectivity index (χ0) is 15.4. The van der Waals surface area contributed by atoms with Crippen LogP contribution in [-0.2, 0) is 6.54 Å². The van der Waals surface area contributed by atoms with E-state index in [0.29, 0.717) is 6.54 Å². The molecule has 0 bridgehead atoms. The second-order valence-electron chi connectivity index (χ2n) is 4.68. The Hall–Kier alpha value is -2.44. The lowest BCUT2D eigenvalue weighted by Crippen LogP contribution is -2.21. The Morgan fingerprint density at radius 3 is 2.77 bits per heavy atom. The number of aromatic nitrogens is 1. The van der Waals surface area contributed by atoms with Crippen LogP contribution in [0, 0.1) is 0 Å². The van der Waals surface area contributed by atoms with Crippen LogP contribution >= 0.6 is 11.3 Å². The molecule has 5 nitrogen and oxygen atoms in total. The van der Waals surface area contributed by atoms with E-state index in [-0.39, 0.29) is 11.7 Å². The molecule has 22 heavy (non-hydrogen) atoms. The smallest absolute Gasteiger partial charge is 0.290 e. The SMILES string of the molecule is O=C(NCc1ccc(C(O)c2ccccc2)s1)c1ccno1. The van der Waals surface area contributed by atoms with Crippen LogP contribution < -0.4 is 5.32 Å². The summed E-state index contributed by atoms with van der Waals surface area (Å²) in [4.78, 5) is 13.6. The predicted octanol–water partition coefficient (Wildman–Crippen LogP) is 2.75. The topological polar surface area (TPSA) is 75.4 Å². The van der Waals surface area contributed by atoms with E-state index in [0.717, 1.165) is 15.3 Å². The molecule has 0 aliphatic carbocycles. The molecular weight excluding hydrogens is 300 g/mol. The average Bonchev–Trinajstić information content (AvgIpc) is 3.24. The minimum atomic E-state index is -0.648. The molecule has 0 aliphatic heterocycles. The number of hydrogen-bond donors (Lipinski definition) is 2. The fourth-order valence-electron chi connectivity index (χ4n) is 2.02. The first kappa shape index (κ1) is 14.5. The predicted molar refractivity (Wildman–Crippen MR) is 82.5 cm³/mol. The standard InChI is InChI=1S/C16H14N2O3S/c19-15(11-4-2-1-3-5-11)14-7-6-12(22-14)10-17-16(20)13-8-9-18-21-13/h1-9,15,19H,10H2,(H,17,20). The molecular formula is C16H14N2O3S. The average molecular weight is 314 g/mol. The highest BCUT2D eigenvalue weighted by Gasteiger charge is 2.14. The van der Waals surface area contributed by atoms with Gasteiger partial charge in [-0.2, -0.15) is 0 Å². The molecule has 0 radical (unpaired) electrons. The van der Waals surface area contributed by atoms with Crippen molar-refractivity contribution in [1.29, 1.82) is 0 Å². The monoisotopic (exact) mass is 314 g/mol. The molecule has 0 fully saturated rings. The summed E-state index contributed by atoms with van der Waals surface area (Å²) < 4.78 is 4.79. The molecule has 6 heteroatoms. The summed E-state index contributed by atoms with van der Waals surface area (Å²) in [6.45, 7) is 0.381. The van der Waals surface area contributed by atoms with Crippen molar-refractivity contribution in [3.8, 4) is 0 Å². The number of nitrogens with zero attached hydrogens (tertiary/aromatic N) is 1. The summed E-state index contributed by atoms with van der Waals surface area (Å²) in [6.07, 6.45) is 0.777. The van der Waals surface area contributed by atoms with Gasteiger partial charge in [0.05, 0.1) is 12.7 Å². The van der Waals surface area contributed by atoms with Crippen LogP contribution in [0.25, 0.3) is 0 Å². The van der Waals surface area contributed by atoms with Gasteiger partial charge < -0.3 is 14.9 Å². The number of rotatable bonds is 5. The Kier molecular flexibility index (Phi) is 4.32. The van der Waals surface area contributed by atoms with Crippen LogP contribution in [-0.4, -0.2) is 16.2 Å².